The van der Waals surface area contributed by atoms with Gasteiger partial charge in [-0.2, -0.15) is 0 Å². The number of pyridine rings is 2. The average molecular weight is 399 g/mol. The summed E-state index contributed by atoms with van der Waals surface area (Å²) in [6, 6.07) is 8.26. The van der Waals surface area contributed by atoms with Gasteiger partial charge in [-0.3, -0.25) is 4.98 Å². The Hall–Kier alpha value is -3.26. The number of imidazole rings is 1. The molecule has 1 atom stereocenters. The van der Waals surface area contributed by atoms with Crippen LogP contribution in [0.2, 0.25) is 5.02 Å². The van der Waals surface area contributed by atoms with Crippen LogP contribution in [-0.4, -0.2) is 31.7 Å². The molecule has 0 aliphatic carbocycles. The van der Waals surface area contributed by atoms with Crippen molar-refractivity contribution in [3.63, 3.8) is 0 Å². The predicted molar refractivity (Wildman–Crippen MR) is 104 cm³/mol. The average Bonchev–Trinajstić information content (AvgIpc) is 3.11. The molecule has 0 aliphatic rings. The van der Waals surface area contributed by atoms with Crippen LogP contribution >= 0.6 is 11.6 Å². The van der Waals surface area contributed by atoms with E-state index in [4.69, 9.17) is 16.3 Å². The van der Waals surface area contributed by atoms with Crippen LogP contribution in [0.1, 0.15) is 18.7 Å². The fraction of sp³-hybridized carbons (Fsp3) is 0.158. The summed E-state index contributed by atoms with van der Waals surface area (Å²) in [6.45, 7) is 1.92. The quantitative estimate of drug-likeness (QED) is 0.544. The van der Waals surface area contributed by atoms with Gasteiger partial charge < -0.3 is 10.1 Å². The van der Waals surface area contributed by atoms with E-state index in [2.05, 4.69) is 25.4 Å². The first-order chi connectivity index (χ1) is 13.5. The van der Waals surface area contributed by atoms with Crippen LogP contribution in [0.15, 0.2) is 48.9 Å². The van der Waals surface area contributed by atoms with Crippen LogP contribution in [0.4, 0.5) is 10.2 Å². The van der Waals surface area contributed by atoms with Gasteiger partial charge in [0, 0.05) is 6.20 Å². The molecule has 4 aromatic rings. The summed E-state index contributed by atoms with van der Waals surface area (Å²) in [5.74, 6) is 0.664. The van der Waals surface area contributed by atoms with Crippen molar-refractivity contribution in [2.45, 2.75) is 13.0 Å². The molecule has 0 saturated carbocycles. The summed E-state index contributed by atoms with van der Waals surface area (Å²) in [5.41, 5.74) is 2.74. The third-order valence-electron chi connectivity index (χ3n) is 4.21. The van der Waals surface area contributed by atoms with Crippen molar-refractivity contribution < 1.29 is 9.13 Å². The van der Waals surface area contributed by atoms with Crippen molar-refractivity contribution in [1.82, 2.24) is 24.6 Å². The zero-order valence-electron chi connectivity index (χ0n) is 15.1. The fourth-order valence-corrected chi connectivity index (χ4v) is 3.00. The fourth-order valence-electron chi connectivity index (χ4n) is 2.85. The minimum Gasteiger partial charge on any atom is -0.481 e. The molecule has 1 N–H and O–H groups in total. The van der Waals surface area contributed by atoms with Gasteiger partial charge in [0.15, 0.2) is 5.65 Å². The van der Waals surface area contributed by atoms with Crippen LogP contribution in [0.25, 0.3) is 16.9 Å². The predicted octanol–water partition coefficient (Wildman–Crippen LogP) is 4.16. The molecule has 4 heterocycles. The summed E-state index contributed by atoms with van der Waals surface area (Å²) >= 11 is 6.11. The number of nitrogens with one attached hydrogen (secondary N) is 1. The highest BCUT2D eigenvalue weighted by molar-refractivity contribution is 6.30. The number of aromatic nitrogens is 5. The van der Waals surface area contributed by atoms with E-state index in [0.717, 1.165) is 0 Å². The number of halogens is 2. The second kappa shape index (κ2) is 7.40. The smallest absolute Gasteiger partial charge is 0.222 e. The van der Waals surface area contributed by atoms with Gasteiger partial charge in [0.2, 0.25) is 5.88 Å². The van der Waals surface area contributed by atoms with Crippen LogP contribution in [0.3, 0.4) is 0 Å². The highest BCUT2D eigenvalue weighted by atomic mass is 35.5. The molecule has 28 heavy (non-hydrogen) atoms. The van der Waals surface area contributed by atoms with Gasteiger partial charge in [-0.15, -0.1) is 5.10 Å². The minimum absolute atomic E-state index is 0.167. The lowest BCUT2D eigenvalue weighted by Crippen LogP contribution is -2.11. The Labute approximate surface area is 165 Å². The van der Waals surface area contributed by atoms with Crippen LogP contribution in [0.5, 0.6) is 5.88 Å². The molecule has 9 heteroatoms. The van der Waals surface area contributed by atoms with Crippen molar-refractivity contribution in [3.05, 3.63) is 65.5 Å². The SMILES string of the molecule is COc1ncc(Cl)cc1-c1cnc2ccc(N[C@@H](C)c3ccc(F)cn3)nn12. The van der Waals surface area contributed by atoms with Crippen molar-refractivity contribution >= 4 is 23.1 Å². The molecule has 0 fully saturated rings. The molecule has 142 valence electrons. The van der Waals surface area contributed by atoms with Gasteiger partial charge in [-0.25, -0.2) is 18.9 Å². The normalized spacial score (nSPS) is 12.1. The number of rotatable bonds is 5. The molecule has 0 amide bonds. The van der Waals surface area contributed by atoms with E-state index in [-0.39, 0.29) is 11.9 Å². The Morgan fingerprint density at radius 2 is 1.96 bits per heavy atom. The number of hydrogen-bond donors (Lipinski definition) is 1. The summed E-state index contributed by atoms with van der Waals surface area (Å²) in [5, 5.41) is 8.36. The monoisotopic (exact) mass is 398 g/mol. The van der Waals surface area contributed by atoms with Crippen LogP contribution in [0, 0.1) is 5.82 Å². The third-order valence-corrected chi connectivity index (χ3v) is 4.41. The molecule has 4 rings (SSSR count). The van der Waals surface area contributed by atoms with Crippen LogP contribution < -0.4 is 10.1 Å². The van der Waals surface area contributed by atoms with E-state index >= 15 is 0 Å². The maximum atomic E-state index is 13.1. The van der Waals surface area contributed by atoms with Crippen molar-refractivity contribution in [2.24, 2.45) is 0 Å². The molecule has 0 bridgehead atoms. The molecule has 0 radical (unpaired) electrons. The third kappa shape index (κ3) is 3.46. The zero-order valence-corrected chi connectivity index (χ0v) is 15.9. The first kappa shape index (κ1) is 18.1. The molecule has 7 nitrogen and oxygen atoms in total. The van der Waals surface area contributed by atoms with E-state index in [0.29, 0.717) is 39.3 Å². The first-order valence-corrected chi connectivity index (χ1v) is 8.85. The number of nitrogens with zero attached hydrogens (tertiary/aromatic N) is 5. The Bertz CT molecular complexity index is 1130. The topological polar surface area (TPSA) is 77.2 Å². The highest BCUT2D eigenvalue weighted by Gasteiger charge is 2.15. The molecule has 0 saturated heterocycles. The summed E-state index contributed by atoms with van der Waals surface area (Å²) < 4.78 is 20.1. The lowest BCUT2D eigenvalue weighted by Gasteiger charge is -2.14. The summed E-state index contributed by atoms with van der Waals surface area (Å²) in [4.78, 5) is 12.7. The molecule has 4 aromatic heterocycles. The van der Waals surface area contributed by atoms with Crippen molar-refractivity contribution in [2.75, 3.05) is 12.4 Å². The summed E-state index contributed by atoms with van der Waals surface area (Å²) in [6.07, 6.45) is 4.40. The van der Waals surface area contributed by atoms with Gasteiger partial charge in [0.1, 0.15) is 11.6 Å². The molecule has 0 aromatic carbocycles. The highest BCUT2D eigenvalue weighted by Crippen LogP contribution is 2.31. The second-order valence-electron chi connectivity index (χ2n) is 6.11. The molecule has 0 spiro atoms. The number of hydrogen-bond acceptors (Lipinski definition) is 6. The largest absolute Gasteiger partial charge is 0.481 e. The number of methoxy groups -OCH3 is 1. The Morgan fingerprint density at radius 1 is 1.11 bits per heavy atom. The molecule has 0 aliphatic heterocycles. The summed E-state index contributed by atoms with van der Waals surface area (Å²) in [7, 11) is 1.54. The van der Waals surface area contributed by atoms with Gasteiger partial charge in [-0.05, 0) is 37.3 Å². The standard InChI is InChI=1S/C19H16ClFN6O/c1-11(15-4-3-13(21)9-22-15)25-17-5-6-18-23-10-16(27(18)26-17)14-7-12(20)8-24-19(14)28-2/h3-11H,1-2H3,(H,25,26)/t11-/m0/s1. The van der Waals surface area contributed by atoms with E-state index in [1.165, 1.54) is 18.5 Å². The van der Waals surface area contributed by atoms with Gasteiger partial charge in [-0.1, -0.05) is 11.6 Å². The maximum absolute atomic E-state index is 13.1. The first-order valence-electron chi connectivity index (χ1n) is 8.48. The van der Waals surface area contributed by atoms with Gasteiger partial charge in [0.25, 0.3) is 0 Å². The van der Waals surface area contributed by atoms with Gasteiger partial charge in [0.05, 0.1) is 47.5 Å². The van der Waals surface area contributed by atoms with E-state index in [1.54, 1.807) is 30.0 Å². The second-order valence-corrected chi connectivity index (χ2v) is 6.55. The minimum atomic E-state index is -0.373. The Kier molecular flexibility index (Phi) is 4.79. The lowest BCUT2D eigenvalue weighted by atomic mass is 10.2. The molecular weight excluding hydrogens is 383 g/mol. The van der Waals surface area contributed by atoms with Crippen LogP contribution in [-0.2, 0) is 0 Å². The van der Waals surface area contributed by atoms with E-state index < -0.39 is 0 Å². The maximum Gasteiger partial charge on any atom is 0.222 e. The molecule has 0 unspecified atom stereocenters. The Balaban J connectivity index is 1.70. The Morgan fingerprint density at radius 3 is 2.71 bits per heavy atom. The number of anilines is 1. The molecular formula is C19H16ClFN6O. The van der Waals surface area contributed by atoms with Crippen molar-refractivity contribution in [3.8, 4) is 17.1 Å². The van der Waals surface area contributed by atoms with E-state index in [9.17, 15) is 4.39 Å². The van der Waals surface area contributed by atoms with E-state index in [1.807, 2.05) is 19.1 Å². The number of fused-ring (bicyclic) bond motifs is 1. The lowest BCUT2D eigenvalue weighted by molar-refractivity contribution is 0.399. The van der Waals surface area contributed by atoms with Crippen molar-refractivity contribution in [1.29, 1.82) is 0 Å². The van der Waals surface area contributed by atoms with Gasteiger partial charge >= 0.3 is 0 Å². The number of ether oxygens (including phenoxy) is 1. The zero-order chi connectivity index (χ0) is 19.7.